The Morgan fingerprint density at radius 2 is 1.51 bits per heavy atom. The molecule has 220 valence electrons. The van der Waals surface area contributed by atoms with E-state index in [-0.39, 0.29) is 39.6 Å². The van der Waals surface area contributed by atoms with E-state index in [0.717, 1.165) is 26.2 Å². The lowest BCUT2D eigenvalue weighted by atomic mass is 10.0. The van der Waals surface area contributed by atoms with Crippen LogP contribution in [0.25, 0.3) is 0 Å². The zero-order valence-corrected chi connectivity index (χ0v) is 27.7. The highest BCUT2D eigenvalue weighted by Gasteiger charge is 2.35. The van der Waals surface area contributed by atoms with E-state index >= 15 is 0 Å². The molecule has 41 heavy (non-hydrogen) atoms. The lowest BCUT2D eigenvalue weighted by molar-refractivity contribution is -0.140. The molecule has 3 aromatic rings. The van der Waals surface area contributed by atoms with Crippen molar-refractivity contribution in [2.24, 2.45) is 0 Å². The number of hydrogen-bond acceptors (Lipinski definition) is 4. The van der Waals surface area contributed by atoms with Crippen LogP contribution in [0.4, 0.5) is 5.69 Å². The number of amides is 2. The highest BCUT2D eigenvalue weighted by molar-refractivity contribution is 9.10. The van der Waals surface area contributed by atoms with Gasteiger partial charge in [0.25, 0.3) is 0 Å². The Balaban J connectivity index is 2.12. The monoisotopic (exact) mass is 701 g/mol. The first-order valence-corrected chi connectivity index (χ1v) is 16.3. The minimum atomic E-state index is -4.02. The lowest BCUT2D eigenvalue weighted by Gasteiger charge is -2.35. The van der Waals surface area contributed by atoms with Crippen molar-refractivity contribution in [3.05, 3.63) is 97.4 Å². The van der Waals surface area contributed by atoms with Crippen LogP contribution in [-0.4, -0.2) is 49.5 Å². The first-order chi connectivity index (χ1) is 19.0. The molecule has 0 heterocycles. The van der Waals surface area contributed by atoms with E-state index in [4.69, 9.17) is 34.8 Å². The van der Waals surface area contributed by atoms with Crippen LogP contribution >= 0.6 is 50.7 Å². The van der Waals surface area contributed by atoms with Gasteiger partial charge in [0.1, 0.15) is 12.6 Å². The van der Waals surface area contributed by atoms with Crippen molar-refractivity contribution >= 4 is 78.3 Å². The van der Waals surface area contributed by atoms with E-state index in [0.29, 0.717) is 0 Å². The molecule has 0 bridgehead atoms. The Morgan fingerprint density at radius 3 is 2.10 bits per heavy atom. The van der Waals surface area contributed by atoms with Crippen molar-refractivity contribution in [3.8, 4) is 0 Å². The van der Waals surface area contributed by atoms with Gasteiger partial charge in [-0.3, -0.25) is 13.9 Å². The fraction of sp³-hybridized carbons (Fsp3) is 0.310. The summed E-state index contributed by atoms with van der Waals surface area (Å²) in [6.45, 7) is 4.96. The zero-order valence-electron chi connectivity index (χ0n) is 23.0. The molecule has 0 aliphatic carbocycles. The van der Waals surface area contributed by atoms with Crippen LogP contribution in [0.2, 0.25) is 15.1 Å². The number of rotatable bonds is 10. The number of nitrogens with zero attached hydrogens (tertiary/aromatic N) is 2. The number of sulfonamides is 1. The normalized spacial score (nSPS) is 12.5. The van der Waals surface area contributed by atoms with E-state index in [9.17, 15) is 18.0 Å². The van der Waals surface area contributed by atoms with Crippen molar-refractivity contribution < 1.29 is 18.0 Å². The highest BCUT2D eigenvalue weighted by Crippen LogP contribution is 2.35. The predicted octanol–water partition coefficient (Wildman–Crippen LogP) is 6.73. The van der Waals surface area contributed by atoms with Gasteiger partial charge in [0.2, 0.25) is 21.8 Å². The molecule has 0 fully saturated rings. The topological polar surface area (TPSA) is 86.8 Å². The Bertz CT molecular complexity index is 1520. The molecule has 7 nitrogen and oxygen atoms in total. The lowest BCUT2D eigenvalue weighted by Crippen LogP contribution is -2.56. The number of halogens is 4. The number of hydrogen-bond donors (Lipinski definition) is 1. The Morgan fingerprint density at radius 1 is 0.902 bits per heavy atom. The smallest absolute Gasteiger partial charge is 0.244 e. The molecule has 12 heteroatoms. The summed E-state index contributed by atoms with van der Waals surface area (Å²) in [7, 11) is -4.02. The molecule has 0 radical (unpaired) electrons. The molecule has 1 N–H and O–H groups in total. The van der Waals surface area contributed by atoms with Gasteiger partial charge in [-0.2, -0.15) is 0 Å². The maximum Gasteiger partial charge on any atom is 0.244 e. The molecule has 2 amide bonds. The van der Waals surface area contributed by atoms with Crippen LogP contribution < -0.4 is 9.62 Å². The molecule has 0 aliphatic heterocycles. The van der Waals surface area contributed by atoms with E-state index in [1.54, 1.807) is 0 Å². The first-order valence-electron chi connectivity index (χ1n) is 12.6. The summed E-state index contributed by atoms with van der Waals surface area (Å²) in [5.41, 5.74) is 0.995. The SMILES string of the molecule is CC(C)(C)NC(=O)[C@@H](Cc1ccccc1)N(Cc1cccc(Br)c1)C(=O)CN(c1cc(Cl)c(Cl)cc1Cl)S(C)(=O)=O. The standard InChI is InChI=1S/C29H31BrCl3N3O4S/c1-29(2,3)34-28(38)26(14-19-9-6-5-7-10-19)35(17-20-11-8-12-21(30)13-20)27(37)18-36(41(4,39)40)25-16-23(32)22(31)15-24(25)33/h5-13,15-16,26H,14,17-18H2,1-4H3,(H,34,38)/t26-/m1/s1. The van der Waals surface area contributed by atoms with Crippen molar-refractivity contribution in [2.75, 3.05) is 17.1 Å². The number of carbonyl (C=O) groups is 2. The van der Waals surface area contributed by atoms with Crippen molar-refractivity contribution in [1.29, 1.82) is 0 Å². The maximum atomic E-state index is 14.2. The molecule has 3 aromatic carbocycles. The summed E-state index contributed by atoms with van der Waals surface area (Å²) in [6, 6.07) is 18.3. The second-order valence-corrected chi connectivity index (χ2v) is 14.6. The van der Waals surface area contributed by atoms with Gasteiger partial charge < -0.3 is 10.2 Å². The van der Waals surface area contributed by atoms with Gasteiger partial charge in [-0.1, -0.05) is 93.2 Å². The molecule has 0 aromatic heterocycles. The summed E-state index contributed by atoms with van der Waals surface area (Å²) in [6.07, 6.45) is 1.17. The van der Waals surface area contributed by atoms with Crippen LogP contribution in [-0.2, 0) is 32.6 Å². The third-order valence-corrected chi connectivity index (χ3v) is 8.59. The molecule has 0 spiro atoms. The fourth-order valence-electron chi connectivity index (χ4n) is 4.14. The summed E-state index contributed by atoms with van der Waals surface area (Å²) in [4.78, 5) is 29.3. The molecule has 1 atom stereocenters. The molecule has 0 unspecified atom stereocenters. The first kappa shape index (κ1) is 33.2. The van der Waals surface area contributed by atoms with Gasteiger partial charge in [-0.15, -0.1) is 0 Å². The Labute approximate surface area is 264 Å². The van der Waals surface area contributed by atoms with Gasteiger partial charge in [0, 0.05) is 23.0 Å². The number of carbonyl (C=O) groups excluding carboxylic acids is 2. The van der Waals surface area contributed by atoms with Gasteiger partial charge in [-0.25, -0.2) is 8.42 Å². The van der Waals surface area contributed by atoms with E-state index < -0.39 is 34.1 Å². The van der Waals surface area contributed by atoms with Crippen LogP contribution in [0.15, 0.2) is 71.2 Å². The largest absolute Gasteiger partial charge is 0.350 e. The molecular formula is C29H31BrCl3N3O4S. The van der Waals surface area contributed by atoms with Gasteiger partial charge >= 0.3 is 0 Å². The predicted molar refractivity (Wildman–Crippen MR) is 170 cm³/mol. The minimum Gasteiger partial charge on any atom is -0.350 e. The highest BCUT2D eigenvalue weighted by atomic mass is 79.9. The van der Waals surface area contributed by atoms with E-state index in [2.05, 4.69) is 21.2 Å². The van der Waals surface area contributed by atoms with Gasteiger partial charge in [0.05, 0.1) is 27.0 Å². The quantitative estimate of drug-likeness (QED) is 0.238. The fourth-order valence-corrected chi connectivity index (χ4v) is 6.13. The molecular weight excluding hydrogens is 673 g/mol. The molecule has 3 rings (SSSR count). The average Bonchev–Trinajstić information content (AvgIpc) is 2.86. The minimum absolute atomic E-state index is 0.00178. The zero-order chi connectivity index (χ0) is 30.5. The van der Waals surface area contributed by atoms with E-state index in [1.807, 2.05) is 75.4 Å². The number of benzene rings is 3. The third-order valence-electron chi connectivity index (χ3n) is 5.95. The second kappa shape index (κ2) is 13.8. The summed E-state index contributed by atoms with van der Waals surface area (Å²) in [5, 5.41) is 3.20. The van der Waals surface area contributed by atoms with Crippen molar-refractivity contribution in [3.63, 3.8) is 0 Å². The summed E-state index contributed by atoms with van der Waals surface area (Å²) in [5.74, 6) is -0.981. The van der Waals surface area contributed by atoms with Gasteiger partial charge in [0.15, 0.2) is 0 Å². The molecule has 0 saturated carbocycles. The van der Waals surface area contributed by atoms with Gasteiger partial charge in [-0.05, 0) is 56.2 Å². The average molecular weight is 704 g/mol. The van der Waals surface area contributed by atoms with Crippen LogP contribution in [0.5, 0.6) is 0 Å². The number of anilines is 1. The van der Waals surface area contributed by atoms with Crippen LogP contribution in [0, 0.1) is 0 Å². The molecule has 0 aliphatic rings. The maximum absolute atomic E-state index is 14.2. The molecule has 0 saturated heterocycles. The van der Waals surface area contributed by atoms with Crippen LogP contribution in [0.1, 0.15) is 31.9 Å². The van der Waals surface area contributed by atoms with Crippen molar-refractivity contribution in [2.45, 2.75) is 45.3 Å². The van der Waals surface area contributed by atoms with Crippen LogP contribution in [0.3, 0.4) is 0 Å². The van der Waals surface area contributed by atoms with E-state index in [1.165, 1.54) is 17.0 Å². The summed E-state index contributed by atoms with van der Waals surface area (Å²) < 4.78 is 27.6. The van der Waals surface area contributed by atoms with Crippen molar-refractivity contribution in [1.82, 2.24) is 10.2 Å². The Hall–Kier alpha value is -2.30. The summed E-state index contributed by atoms with van der Waals surface area (Å²) >= 11 is 22.1. The Kier molecular flexibility index (Phi) is 11.2. The number of nitrogens with one attached hydrogen (secondary N) is 1. The second-order valence-electron chi connectivity index (χ2n) is 10.6. The third kappa shape index (κ3) is 9.61.